The molecular weight excluding hydrogens is 272 g/mol. The largest absolute Gasteiger partial charge is 0.508 e. The summed E-state index contributed by atoms with van der Waals surface area (Å²) in [5, 5.41) is 9.48. The van der Waals surface area contributed by atoms with Gasteiger partial charge in [0, 0.05) is 5.56 Å². The number of aromatic hydroxyl groups is 1. The van der Waals surface area contributed by atoms with Crippen molar-refractivity contribution in [3.63, 3.8) is 0 Å². The third-order valence-electron chi connectivity index (χ3n) is 3.68. The van der Waals surface area contributed by atoms with Gasteiger partial charge in [-0.1, -0.05) is 72.8 Å². The molecule has 0 aliphatic heterocycles. The van der Waals surface area contributed by atoms with E-state index in [2.05, 4.69) is 0 Å². The van der Waals surface area contributed by atoms with E-state index < -0.39 is 0 Å². The molecule has 0 aliphatic carbocycles. The second-order valence-corrected chi connectivity index (χ2v) is 5.17. The normalized spacial score (nSPS) is 11.8. The Labute approximate surface area is 129 Å². The van der Waals surface area contributed by atoms with Gasteiger partial charge >= 0.3 is 0 Å². The van der Waals surface area contributed by atoms with E-state index in [-0.39, 0.29) is 17.5 Å². The molecule has 2 heteroatoms. The average molecular weight is 288 g/mol. The summed E-state index contributed by atoms with van der Waals surface area (Å²) in [7, 11) is 0. The number of hydrogen-bond donors (Lipinski definition) is 1. The Hall–Kier alpha value is -2.87. The number of carbonyl (C=O) groups excluding carboxylic acids is 1. The summed E-state index contributed by atoms with van der Waals surface area (Å²) in [5.41, 5.74) is 2.50. The number of benzene rings is 3. The minimum atomic E-state index is -0.371. The first-order chi connectivity index (χ1) is 10.8. The van der Waals surface area contributed by atoms with Crippen molar-refractivity contribution in [2.24, 2.45) is 0 Å². The summed E-state index contributed by atoms with van der Waals surface area (Å²) >= 11 is 0. The summed E-state index contributed by atoms with van der Waals surface area (Å²) < 4.78 is 0. The molecule has 3 aromatic rings. The van der Waals surface area contributed by atoms with Crippen molar-refractivity contribution in [2.75, 3.05) is 0 Å². The number of carbonyl (C=O) groups is 1. The number of phenolic OH excluding ortho intramolecular Hbond substituents is 1. The maximum atomic E-state index is 13.0. The molecule has 2 nitrogen and oxygen atoms in total. The smallest absolute Gasteiger partial charge is 0.174 e. The highest BCUT2D eigenvalue weighted by molar-refractivity contribution is 6.03. The van der Waals surface area contributed by atoms with Crippen molar-refractivity contribution in [3.05, 3.63) is 102 Å². The Morgan fingerprint density at radius 3 is 1.77 bits per heavy atom. The van der Waals surface area contributed by atoms with Gasteiger partial charge in [0.2, 0.25) is 0 Å². The summed E-state index contributed by atoms with van der Waals surface area (Å²) in [5.74, 6) is -0.121. The number of hydrogen-bond acceptors (Lipinski definition) is 2. The van der Waals surface area contributed by atoms with Crippen LogP contribution >= 0.6 is 0 Å². The number of rotatable bonds is 4. The average Bonchev–Trinajstić information content (AvgIpc) is 2.58. The van der Waals surface area contributed by atoms with Crippen LogP contribution in [0.15, 0.2) is 84.9 Å². The molecular formula is C20H16O2. The molecule has 0 fully saturated rings. The van der Waals surface area contributed by atoms with E-state index in [1.165, 1.54) is 0 Å². The van der Waals surface area contributed by atoms with E-state index in [0.717, 1.165) is 11.1 Å². The molecule has 0 amide bonds. The molecule has 0 bridgehead atoms. The molecule has 0 saturated heterocycles. The lowest BCUT2D eigenvalue weighted by atomic mass is 9.85. The van der Waals surface area contributed by atoms with Crippen LogP contribution in [0.25, 0.3) is 0 Å². The van der Waals surface area contributed by atoms with Crippen molar-refractivity contribution in [1.82, 2.24) is 0 Å². The third kappa shape index (κ3) is 2.91. The minimum absolute atomic E-state index is 0.0532. The Morgan fingerprint density at radius 1 is 0.682 bits per heavy atom. The Kier molecular flexibility index (Phi) is 4.01. The minimum Gasteiger partial charge on any atom is -0.508 e. The molecule has 3 aromatic carbocycles. The lowest BCUT2D eigenvalue weighted by Crippen LogP contribution is -2.14. The summed E-state index contributed by atoms with van der Waals surface area (Å²) in [6.45, 7) is 0. The molecule has 3 rings (SSSR count). The maximum absolute atomic E-state index is 13.0. The molecule has 0 spiro atoms. The van der Waals surface area contributed by atoms with Crippen LogP contribution < -0.4 is 0 Å². The van der Waals surface area contributed by atoms with Gasteiger partial charge in [0.25, 0.3) is 0 Å². The molecule has 1 N–H and O–H groups in total. The highest BCUT2D eigenvalue weighted by Gasteiger charge is 2.23. The van der Waals surface area contributed by atoms with Crippen LogP contribution in [-0.2, 0) is 0 Å². The zero-order chi connectivity index (χ0) is 15.4. The number of Topliss-reactive ketones (excluding diaryl/α,β-unsaturated/α-hetero) is 1. The van der Waals surface area contributed by atoms with E-state index in [9.17, 15) is 9.90 Å². The van der Waals surface area contributed by atoms with Crippen LogP contribution in [0, 0.1) is 0 Å². The fraction of sp³-hybridized carbons (Fsp3) is 0.0500. The molecule has 0 radical (unpaired) electrons. The SMILES string of the molecule is O=C(c1ccccc1)[C@H](c1ccccc1)c1ccc(O)cc1. The fourth-order valence-electron chi connectivity index (χ4n) is 2.58. The van der Waals surface area contributed by atoms with Gasteiger partial charge in [-0.15, -0.1) is 0 Å². The van der Waals surface area contributed by atoms with Crippen molar-refractivity contribution < 1.29 is 9.90 Å². The highest BCUT2D eigenvalue weighted by atomic mass is 16.3. The van der Waals surface area contributed by atoms with E-state index in [1.54, 1.807) is 24.3 Å². The zero-order valence-electron chi connectivity index (χ0n) is 12.0. The first kappa shape index (κ1) is 14.1. The van der Waals surface area contributed by atoms with E-state index in [0.29, 0.717) is 5.56 Å². The second kappa shape index (κ2) is 6.27. The number of phenols is 1. The van der Waals surface area contributed by atoms with Crippen molar-refractivity contribution in [1.29, 1.82) is 0 Å². The third-order valence-corrected chi connectivity index (χ3v) is 3.68. The molecule has 22 heavy (non-hydrogen) atoms. The molecule has 0 heterocycles. The van der Waals surface area contributed by atoms with Crippen molar-refractivity contribution >= 4 is 5.78 Å². The molecule has 0 unspecified atom stereocenters. The van der Waals surface area contributed by atoms with E-state index in [1.807, 2.05) is 60.7 Å². The standard InChI is InChI=1S/C20H16O2/c21-18-13-11-16(12-14-18)19(15-7-3-1-4-8-15)20(22)17-9-5-2-6-10-17/h1-14,19,21H/t19-/m1/s1. The Balaban J connectivity index is 2.07. The van der Waals surface area contributed by atoms with Crippen LogP contribution in [0.3, 0.4) is 0 Å². The van der Waals surface area contributed by atoms with Gasteiger partial charge in [0.1, 0.15) is 5.75 Å². The Morgan fingerprint density at radius 2 is 1.18 bits per heavy atom. The van der Waals surface area contributed by atoms with Crippen molar-refractivity contribution in [3.8, 4) is 5.75 Å². The quantitative estimate of drug-likeness (QED) is 0.722. The summed E-state index contributed by atoms with van der Waals surface area (Å²) in [6.07, 6.45) is 0. The van der Waals surface area contributed by atoms with Crippen LogP contribution in [0.5, 0.6) is 5.75 Å². The molecule has 108 valence electrons. The van der Waals surface area contributed by atoms with Gasteiger partial charge in [-0.05, 0) is 23.3 Å². The number of ketones is 1. The first-order valence-electron chi connectivity index (χ1n) is 7.19. The summed E-state index contributed by atoms with van der Waals surface area (Å²) in [6, 6.07) is 25.8. The molecule has 1 atom stereocenters. The summed E-state index contributed by atoms with van der Waals surface area (Å²) in [4.78, 5) is 13.0. The lowest BCUT2D eigenvalue weighted by Gasteiger charge is -2.17. The predicted molar refractivity (Wildman–Crippen MR) is 87.2 cm³/mol. The highest BCUT2D eigenvalue weighted by Crippen LogP contribution is 2.29. The maximum Gasteiger partial charge on any atom is 0.174 e. The van der Waals surface area contributed by atoms with E-state index >= 15 is 0 Å². The van der Waals surface area contributed by atoms with Gasteiger partial charge in [-0.25, -0.2) is 0 Å². The van der Waals surface area contributed by atoms with Gasteiger partial charge < -0.3 is 5.11 Å². The van der Waals surface area contributed by atoms with Gasteiger partial charge in [0.05, 0.1) is 5.92 Å². The molecule has 0 aromatic heterocycles. The zero-order valence-corrected chi connectivity index (χ0v) is 12.0. The van der Waals surface area contributed by atoms with Crippen molar-refractivity contribution in [2.45, 2.75) is 5.92 Å². The second-order valence-electron chi connectivity index (χ2n) is 5.17. The predicted octanol–water partition coefficient (Wildman–Crippen LogP) is 4.41. The molecule has 0 saturated carbocycles. The van der Waals surface area contributed by atoms with Gasteiger partial charge in [-0.2, -0.15) is 0 Å². The monoisotopic (exact) mass is 288 g/mol. The Bertz CT molecular complexity index is 747. The van der Waals surface area contributed by atoms with Gasteiger partial charge in [-0.3, -0.25) is 4.79 Å². The fourth-order valence-corrected chi connectivity index (χ4v) is 2.58. The van der Waals surface area contributed by atoms with Crippen LogP contribution in [0.4, 0.5) is 0 Å². The topological polar surface area (TPSA) is 37.3 Å². The van der Waals surface area contributed by atoms with Crippen LogP contribution in [0.1, 0.15) is 27.4 Å². The molecule has 0 aliphatic rings. The lowest BCUT2D eigenvalue weighted by molar-refractivity contribution is 0.0974. The van der Waals surface area contributed by atoms with E-state index in [4.69, 9.17) is 0 Å². The van der Waals surface area contributed by atoms with Gasteiger partial charge in [0.15, 0.2) is 5.78 Å². The van der Waals surface area contributed by atoms with Crippen LogP contribution in [0.2, 0.25) is 0 Å². The first-order valence-corrected chi connectivity index (χ1v) is 7.19. The van der Waals surface area contributed by atoms with Crippen LogP contribution in [-0.4, -0.2) is 10.9 Å².